The number of H-pyrrole nitrogens is 1. The van der Waals surface area contributed by atoms with Crippen molar-refractivity contribution in [3.05, 3.63) is 30.3 Å². The summed E-state index contributed by atoms with van der Waals surface area (Å²) in [6, 6.07) is 9.60. The average Bonchev–Trinajstić information content (AvgIpc) is 2.57. The molecule has 0 fully saturated rings. The van der Waals surface area contributed by atoms with E-state index in [4.69, 9.17) is 4.84 Å². The first-order valence-electron chi connectivity index (χ1n) is 4.27. The minimum absolute atomic E-state index is 0.233. The maximum absolute atomic E-state index is 10.6. The van der Waals surface area contributed by atoms with Gasteiger partial charge in [0.05, 0.1) is 0 Å². The average molecular weight is 190 g/mol. The van der Waals surface area contributed by atoms with Crippen molar-refractivity contribution in [3.63, 3.8) is 0 Å². The van der Waals surface area contributed by atoms with Crippen LogP contribution in [-0.4, -0.2) is 10.9 Å². The third-order valence-corrected chi connectivity index (χ3v) is 1.81. The number of benzene rings is 1. The predicted molar refractivity (Wildman–Crippen MR) is 52.7 cm³/mol. The molecule has 0 bridgehead atoms. The van der Waals surface area contributed by atoms with Crippen LogP contribution >= 0.6 is 0 Å². The van der Waals surface area contributed by atoms with E-state index >= 15 is 0 Å². The first-order chi connectivity index (χ1) is 6.75. The van der Waals surface area contributed by atoms with Crippen molar-refractivity contribution in [2.45, 2.75) is 6.92 Å². The smallest absolute Gasteiger partial charge is 0.249 e. The van der Waals surface area contributed by atoms with E-state index in [9.17, 15) is 4.79 Å². The van der Waals surface area contributed by atoms with E-state index in [2.05, 4.69) is 10.5 Å². The molecule has 1 aromatic carbocycles. The summed E-state index contributed by atoms with van der Waals surface area (Å²) in [5.41, 5.74) is 3.23. The molecule has 4 nitrogen and oxygen atoms in total. The van der Waals surface area contributed by atoms with Gasteiger partial charge in [0, 0.05) is 23.9 Å². The second kappa shape index (κ2) is 3.41. The van der Waals surface area contributed by atoms with Crippen LogP contribution in [0.1, 0.15) is 6.92 Å². The van der Waals surface area contributed by atoms with Crippen LogP contribution < -0.4 is 10.3 Å². The normalized spacial score (nSPS) is 10.1. The second-order valence-corrected chi connectivity index (χ2v) is 2.98. The molecular formula is C10H10N2O2. The summed E-state index contributed by atoms with van der Waals surface area (Å²) in [4.78, 5) is 18.6. The number of carbonyl (C=O) groups excluding carboxylic acids is 1. The van der Waals surface area contributed by atoms with Crippen molar-refractivity contribution >= 4 is 16.8 Å². The van der Waals surface area contributed by atoms with Crippen LogP contribution in [0.3, 0.4) is 0 Å². The molecule has 0 radical (unpaired) electrons. The fraction of sp³-hybridized carbons (Fsp3) is 0.100. The molecule has 2 aromatic rings. The lowest BCUT2D eigenvalue weighted by Crippen LogP contribution is -2.23. The van der Waals surface area contributed by atoms with Crippen molar-refractivity contribution in [3.8, 4) is 5.88 Å². The van der Waals surface area contributed by atoms with Gasteiger partial charge in [0.1, 0.15) is 0 Å². The molecule has 14 heavy (non-hydrogen) atoms. The highest BCUT2D eigenvalue weighted by atomic mass is 16.7. The summed E-state index contributed by atoms with van der Waals surface area (Å²) in [6.45, 7) is 1.39. The van der Waals surface area contributed by atoms with Gasteiger partial charge in [-0.2, -0.15) is 5.48 Å². The molecule has 0 unspecified atom stereocenters. The lowest BCUT2D eigenvalue weighted by molar-refractivity contribution is -0.125. The summed E-state index contributed by atoms with van der Waals surface area (Å²) in [5.74, 6) is 0.296. The molecule has 2 rings (SSSR count). The Morgan fingerprint density at radius 2 is 2.21 bits per heavy atom. The van der Waals surface area contributed by atoms with Gasteiger partial charge in [-0.25, -0.2) is 0 Å². The number of carbonyl (C=O) groups is 1. The molecule has 72 valence electrons. The number of hydroxylamine groups is 1. The summed E-state index contributed by atoms with van der Waals surface area (Å²) in [5, 5.41) is 1.05. The van der Waals surface area contributed by atoms with Gasteiger partial charge in [-0.15, -0.1) is 0 Å². The van der Waals surface area contributed by atoms with Crippen LogP contribution in [0.4, 0.5) is 0 Å². The minimum atomic E-state index is -0.233. The number of amides is 1. The molecule has 0 saturated carbocycles. The van der Waals surface area contributed by atoms with Crippen LogP contribution in [0.2, 0.25) is 0 Å². The highest BCUT2D eigenvalue weighted by Gasteiger charge is 2.00. The Hall–Kier alpha value is -1.97. The van der Waals surface area contributed by atoms with E-state index in [1.807, 2.05) is 30.3 Å². The Bertz CT molecular complexity index is 429. The van der Waals surface area contributed by atoms with E-state index in [-0.39, 0.29) is 5.91 Å². The Labute approximate surface area is 80.8 Å². The third-order valence-electron chi connectivity index (χ3n) is 1.81. The highest BCUT2D eigenvalue weighted by Crippen LogP contribution is 2.18. The molecule has 1 heterocycles. The first-order valence-corrected chi connectivity index (χ1v) is 4.27. The summed E-state index contributed by atoms with van der Waals surface area (Å²) < 4.78 is 0. The number of fused-ring (bicyclic) bond motifs is 1. The molecule has 0 spiro atoms. The van der Waals surface area contributed by atoms with Crippen LogP contribution in [-0.2, 0) is 4.79 Å². The van der Waals surface area contributed by atoms with Crippen LogP contribution in [0.5, 0.6) is 5.88 Å². The quantitative estimate of drug-likeness (QED) is 0.706. The lowest BCUT2D eigenvalue weighted by atomic mass is 10.3. The minimum Gasteiger partial charge on any atom is -0.361 e. The number of rotatable bonds is 2. The number of hydrogen-bond acceptors (Lipinski definition) is 2. The molecule has 0 aliphatic rings. The zero-order valence-electron chi connectivity index (χ0n) is 7.70. The van der Waals surface area contributed by atoms with Crippen molar-refractivity contribution < 1.29 is 9.63 Å². The molecule has 4 heteroatoms. The molecular weight excluding hydrogens is 180 g/mol. The largest absolute Gasteiger partial charge is 0.361 e. The zero-order valence-corrected chi connectivity index (χ0v) is 7.70. The first kappa shape index (κ1) is 8.62. The molecule has 1 amide bonds. The number of hydrogen-bond donors (Lipinski definition) is 2. The Morgan fingerprint density at radius 1 is 1.43 bits per heavy atom. The molecule has 0 aliphatic heterocycles. The fourth-order valence-electron chi connectivity index (χ4n) is 1.23. The van der Waals surface area contributed by atoms with Gasteiger partial charge >= 0.3 is 0 Å². The SMILES string of the molecule is CC(=O)NOc1cc2ccccc2[nH]1. The number of nitrogens with one attached hydrogen (secondary N) is 2. The van der Waals surface area contributed by atoms with E-state index in [0.29, 0.717) is 5.88 Å². The van der Waals surface area contributed by atoms with E-state index in [0.717, 1.165) is 10.9 Å². The monoisotopic (exact) mass is 190 g/mol. The van der Waals surface area contributed by atoms with Crippen LogP contribution in [0.15, 0.2) is 30.3 Å². The third kappa shape index (κ3) is 1.69. The molecule has 2 N–H and O–H groups in total. The lowest BCUT2D eigenvalue weighted by Gasteiger charge is -1.99. The van der Waals surface area contributed by atoms with Gasteiger partial charge in [-0.3, -0.25) is 4.79 Å². The summed E-state index contributed by atoms with van der Waals surface area (Å²) in [6.07, 6.45) is 0. The van der Waals surface area contributed by atoms with Crippen molar-refractivity contribution in [2.75, 3.05) is 0 Å². The Balaban J connectivity index is 2.22. The van der Waals surface area contributed by atoms with Crippen molar-refractivity contribution in [1.82, 2.24) is 10.5 Å². The molecule has 0 aliphatic carbocycles. The zero-order chi connectivity index (χ0) is 9.97. The Morgan fingerprint density at radius 3 is 2.93 bits per heavy atom. The maximum Gasteiger partial charge on any atom is 0.249 e. The van der Waals surface area contributed by atoms with Gasteiger partial charge < -0.3 is 9.82 Å². The summed E-state index contributed by atoms with van der Waals surface area (Å²) in [7, 11) is 0. The van der Waals surface area contributed by atoms with Crippen molar-refractivity contribution in [1.29, 1.82) is 0 Å². The Kier molecular flexibility index (Phi) is 2.10. The topological polar surface area (TPSA) is 54.1 Å². The van der Waals surface area contributed by atoms with E-state index in [1.54, 1.807) is 0 Å². The highest BCUT2D eigenvalue weighted by molar-refractivity contribution is 5.81. The van der Waals surface area contributed by atoms with Crippen molar-refractivity contribution in [2.24, 2.45) is 0 Å². The van der Waals surface area contributed by atoms with E-state index in [1.165, 1.54) is 6.92 Å². The number of aromatic amines is 1. The fourth-order valence-corrected chi connectivity index (χ4v) is 1.23. The number of aromatic nitrogens is 1. The van der Waals surface area contributed by atoms with Gasteiger partial charge in [0.15, 0.2) is 0 Å². The van der Waals surface area contributed by atoms with Gasteiger partial charge in [0.2, 0.25) is 11.8 Å². The van der Waals surface area contributed by atoms with Gasteiger partial charge in [0.25, 0.3) is 0 Å². The molecule has 0 saturated heterocycles. The van der Waals surface area contributed by atoms with E-state index < -0.39 is 0 Å². The molecule has 0 atom stereocenters. The molecule has 1 aromatic heterocycles. The standard InChI is InChI=1S/C10H10N2O2/c1-7(13)12-14-10-6-8-4-2-3-5-9(8)11-10/h2-6,11H,1H3,(H,12,13). The summed E-state index contributed by atoms with van der Waals surface area (Å²) >= 11 is 0. The maximum atomic E-state index is 10.6. The van der Waals surface area contributed by atoms with Gasteiger partial charge in [-0.05, 0) is 6.07 Å². The predicted octanol–water partition coefficient (Wildman–Crippen LogP) is 1.60. The number of para-hydroxylation sites is 1. The second-order valence-electron chi connectivity index (χ2n) is 2.98. The van der Waals surface area contributed by atoms with Gasteiger partial charge in [-0.1, -0.05) is 18.2 Å². The van der Waals surface area contributed by atoms with Crippen LogP contribution in [0, 0.1) is 0 Å². The van der Waals surface area contributed by atoms with Crippen LogP contribution in [0.25, 0.3) is 10.9 Å².